The van der Waals surface area contributed by atoms with Gasteiger partial charge in [0.2, 0.25) is 5.90 Å². The maximum atomic E-state index is 12.4. The molecule has 1 saturated carbocycles. The summed E-state index contributed by atoms with van der Waals surface area (Å²) in [5, 5.41) is 2.03. The molecule has 0 radical (unpaired) electrons. The molecular weight excluding hydrogens is 430 g/mol. The average Bonchev–Trinajstić information content (AvgIpc) is 3.70. The molecule has 34 heavy (non-hydrogen) atoms. The molecule has 1 heterocycles. The maximum Gasteiger partial charge on any atom is 0.352 e. The van der Waals surface area contributed by atoms with E-state index in [0.29, 0.717) is 17.5 Å². The molecule has 2 amide bonds. The van der Waals surface area contributed by atoms with Gasteiger partial charge >= 0.3 is 6.03 Å². The second-order valence-electron chi connectivity index (χ2n) is 8.59. The van der Waals surface area contributed by atoms with Gasteiger partial charge in [-0.2, -0.15) is 0 Å². The van der Waals surface area contributed by atoms with E-state index in [2.05, 4.69) is 23.2 Å². The maximum absolute atomic E-state index is 12.4. The first-order valence-electron chi connectivity index (χ1n) is 11.3. The number of nitrogens with two attached hydrogens (primary N) is 2. The van der Waals surface area contributed by atoms with Gasteiger partial charge in [0.05, 0.1) is 12.8 Å². The van der Waals surface area contributed by atoms with E-state index in [1.165, 1.54) is 7.05 Å². The van der Waals surface area contributed by atoms with Gasteiger partial charge in [-0.15, -0.1) is 0 Å². The molecule has 1 fully saturated rings. The lowest BCUT2D eigenvalue weighted by molar-refractivity contribution is 0.216. The number of ether oxygens (including phenoxy) is 2. The van der Waals surface area contributed by atoms with Gasteiger partial charge < -0.3 is 9.47 Å². The largest absolute Gasteiger partial charge is 0.497 e. The molecule has 0 aromatic heterocycles. The number of carbonyl (C=O) groups is 1. The van der Waals surface area contributed by atoms with Crippen LogP contribution in [0.5, 0.6) is 5.75 Å². The summed E-state index contributed by atoms with van der Waals surface area (Å²) in [5.41, 5.74) is 4.58. The molecule has 0 spiro atoms. The summed E-state index contributed by atoms with van der Waals surface area (Å²) in [6.45, 7) is 2.19. The number of amides is 2. The van der Waals surface area contributed by atoms with Crippen molar-refractivity contribution >= 4 is 17.6 Å². The molecule has 1 aliphatic carbocycles. The Bertz CT molecular complexity index is 1130. The van der Waals surface area contributed by atoms with Crippen LogP contribution < -0.4 is 21.4 Å². The number of carbonyl (C=O) groups excluding carboxylic acids is 1. The molecule has 8 heteroatoms. The van der Waals surface area contributed by atoms with Crippen LogP contribution in [-0.4, -0.2) is 31.1 Å². The Balaban J connectivity index is 1.55. The van der Waals surface area contributed by atoms with Crippen molar-refractivity contribution in [3.8, 4) is 5.75 Å². The number of nitrogens with zero attached hydrogens (tertiary/aromatic N) is 3. The lowest BCUT2D eigenvalue weighted by atomic mass is 9.98. The topological polar surface area (TPSA) is 106 Å². The fourth-order valence-corrected chi connectivity index (χ4v) is 4.03. The van der Waals surface area contributed by atoms with E-state index in [1.54, 1.807) is 7.11 Å². The molecule has 2 aromatic carbocycles. The average molecular weight is 462 g/mol. The van der Waals surface area contributed by atoms with Crippen molar-refractivity contribution in [3.05, 3.63) is 83.1 Å². The van der Waals surface area contributed by atoms with Gasteiger partial charge in [0.15, 0.2) is 0 Å². The second kappa shape index (κ2) is 10.1. The summed E-state index contributed by atoms with van der Waals surface area (Å²) in [6, 6.07) is 13.3. The van der Waals surface area contributed by atoms with E-state index in [1.807, 2.05) is 49.4 Å². The zero-order chi connectivity index (χ0) is 24.2. The molecule has 0 saturated heterocycles. The zero-order valence-electron chi connectivity index (χ0n) is 19.8. The predicted molar refractivity (Wildman–Crippen MR) is 133 cm³/mol. The number of hydrazine groups is 2. The molecule has 178 valence electrons. The summed E-state index contributed by atoms with van der Waals surface area (Å²) < 4.78 is 11.4. The summed E-state index contributed by atoms with van der Waals surface area (Å²) >= 11 is 0. The lowest BCUT2D eigenvalue weighted by Gasteiger charge is -2.24. The van der Waals surface area contributed by atoms with E-state index in [4.69, 9.17) is 21.2 Å². The quantitative estimate of drug-likeness (QED) is 0.378. The number of anilines is 1. The molecule has 2 aliphatic rings. The Hall–Kier alpha value is -3.62. The second-order valence-corrected chi connectivity index (χ2v) is 8.59. The lowest BCUT2D eigenvalue weighted by Crippen LogP contribution is -2.49. The van der Waals surface area contributed by atoms with Crippen LogP contribution in [0.2, 0.25) is 0 Å². The number of methoxy groups -OCH3 is 1. The van der Waals surface area contributed by atoms with Gasteiger partial charge in [0.1, 0.15) is 12.4 Å². The third-order valence-corrected chi connectivity index (χ3v) is 5.99. The van der Waals surface area contributed by atoms with E-state index >= 15 is 0 Å². The summed E-state index contributed by atoms with van der Waals surface area (Å²) in [7, 11) is 3.12. The molecular formula is C26H31N5O3. The van der Waals surface area contributed by atoms with Gasteiger partial charge in [0.25, 0.3) is 0 Å². The Morgan fingerprint density at radius 1 is 1.15 bits per heavy atom. The molecule has 8 nitrogen and oxygen atoms in total. The van der Waals surface area contributed by atoms with E-state index in [9.17, 15) is 4.79 Å². The highest BCUT2D eigenvalue weighted by atomic mass is 16.5. The number of aliphatic imine (C=N–C) groups is 1. The Morgan fingerprint density at radius 2 is 1.88 bits per heavy atom. The molecule has 2 aromatic rings. The minimum Gasteiger partial charge on any atom is -0.497 e. The van der Waals surface area contributed by atoms with Gasteiger partial charge in [-0.1, -0.05) is 36.4 Å². The van der Waals surface area contributed by atoms with Gasteiger partial charge in [-0.05, 0) is 61.1 Å². The third kappa shape index (κ3) is 5.30. The zero-order valence-corrected chi connectivity index (χ0v) is 19.8. The monoisotopic (exact) mass is 461 g/mol. The predicted octanol–water partition coefficient (Wildman–Crippen LogP) is 4.35. The Labute approximate surface area is 200 Å². The molecule has 1 atom stereocenters. The van der Waals surface area contributed by atoms with Crippen LogP contribution in [0.3, 0.4) is 0 Å². The highest BCUT2D eigenvalue weighted by Gasteiger charge is 2.29. The molecule has 1 aliphatic heterocycles. The minimum absolute atomic E-state index is 0.0716. The van der Waals surface area contributed by atoms with Crippen molar-refractivity contribution < 1.29 is 14.3 Å². The minimum atomic E-state index is -0.512. The van der Waals surface area contributed by atoms with Crippen molar-refractivity contribution in [3.63, 3.8) is 0 Å². The number of urea groups is 1. The summed E-state index contributed by atoms with van der Waals surface area (Å²) in [5.74, 6) is 13.6. The first kappa shape index (κ1) is 23.5. The van der Waals surface area contributed by atoms with E-state index in [0.717, 1.165) is 51.0 Å². The van der Waals surface area contributed by atoms with Gasteiger partial charge in [-0.25, -0.2) is 26.5 Å². The third-order valence-electron chi connectivity index (χ3n) is 5.99. The van der Waals surface area contributed by atoms with Crippen LogP contribution in [0.1, 0.15) is 48.3 Å². The highest BCUT2D eigenvalue weighted by Crippen LogP contribution is 2.44. The first-order valence-corrected chi connectivity index (χ1v) is 11.3. The highest BCUT2D eigenvalue weighted by molar-refractivity contribution is 5.92. The fourth-order valence-electron chi connectivity index (χ4n) is 4.03. The van der Waals surface area contributed by atoms with Crippen molar-refractivity contribution in [1.82, 2.24) is 5.01 Å². The van der Waals surface area contributed by atoms with Gasteiger partial charge in [-0.3, -0.25) is 5.01 Å². The van der Waals surface area contributed by atoms with Crippen molar-refractivity contribution in [2.45, 2.75) is 38.2 Å². The Morgan fingerprint density at radius 3 is 2.53 bits per heavy atom. The molecule has 1 unspecified atom stereocenters. The van der Waals surface area contributed by atoms with Crippen molar-refractivity contribution in [2.75, 3.05) is 19.2 Å². The number of benzene rings is 2. The van der Waals surface area contributed by atoms with Crippen molar-refractivity contribution in [1.29, 1.82) is 0 Å². The van der Waals surface area contributed by atoms with Crippen LogP contribution >= 0.6 is 0 Å². The number of rotatable bonds is 6. The summed E-state index contributed by atoms with van der Waals surface area (Å²) in [6.07, 6.45) is 8.26. The molecule has 4 rings (SSSR count). The molecule has 0 bridgehead atoms. The van der Waals surface area contributed by atoms with Crippen LogP contribution in [0, 0.1) is 0 Å². The van der Waals surface area contributed by atoms with Crippen LogP contribution in [-0.2, 0) is 11.3 Å². The number of hydrogen-bond acceptors (Lipinski definition) is 6. The van der Waals surface area contributed by atoms with Crippen molar-refractivity contribution in [2.24, 2.45) is 16.7 Å². The Kier molecular flexibility index (Phi) is 7.00. The van der Waals surface area contributed by atoms with Crippen LogP contribution in [0.25, 0.3) is 0 Å². The fraction of sp³-hybridized carbons (Fsp3) is 0.308. The van der Waals surface area contributed by atoms with Crippen LogP contribution in [0.4, 0.5) is 10.5 Å². The number of allylic oxidation sites excluding steroid dienone is 3. The standard InChI is InChI=1S/C26H31N5O3/c1-17-15-20(18-9-12-21(33-3)13-10-18)11-14-25(29-17)34-16-23-22(19-7-8-19)5-4-6-24(23)31(28)26(32)30(2)27/h4-6,9-15,19-20H,7-8,16,27-28H2,1-3H3. The normalized spacial score (nSPS) is 17.4. The SMILES string of the molecule is COc1ccc(C2C=CC(OCc3c(C4CC4)cccc3N(N)C(=O)N(C)N)=NC(C)=C2)cc1. The molecule has 4 N–H and O–H groups in total. The van der Waals surface area contributed by atoms with E-state index in [-0.39, 0.29) is 12.5 Å². The smallest absolute Gasteiger partial charge is 0.352 e. The van der Waals surface area contributed by atoms with E-state index < -0.39 is 6.03 Å². The van der Waals surface area contributed by atoms with Gasteiger partial charge in [0, 0.05) is 24.2 Å². The summed E-state index contributed by atoms with van der Waals surface area (Å²) in [4.78, 5) is 17.0. The van der Waals surface area contributed by atoms with Crippen LogP contribution in [0.15, 0.2) is 71.4 Å². The first-order chi connectivity index (χ1) is 16.4. The number of hydrogen-bond donors (Lipinski definition) is 2.